The van der Waals surface area contributed by atoms with Crippen LogP contribution in [0.3, 0.4) is 0 Å². The molecule has 0 aliphatic heterocycles. The molecule has 3 rings (SSSR count). The van der Waals surface area contributed by atoms with Gasteiger partial charge in [-0.1, -0.05) is 59.2 Å². The molecule has 0 radical (unpaired) electrons. The molecule has 3 aromatic rings. The summed E-state index contributed by atoms with van der Waals surface area (Å²) in [4.78, 5) is 0. The van der Waals surface area contributed by atoms with E-state index in [1.54, 1.807) is 36.4 Å². The van der Waals surface area contributed by atoms with Gasteiger partial charge in [0.15, 0.2) is 17.1 Å². The van der Waals surface area contributed by atoms with Crippen molar-refractivity contribution in [2.75, 3.05) is 0 Å². The summed E-state index contributed by atoms with van der Waals surface area (Å²) in [6, 6.07) is 11.7. The molecular formula is C20H18Cl2FN3OS. The lowest BCUT2D eigenvalue weighted by Gasteiger charge is -2.16. The lowest BCUT2D eigenvalue weighted by Crippen LogP contribution is -2.12. The fourth-order valence-corrected chi connectivity index (χ4v) is 3.97. The number of allylic oxidation sites excluding steroid dienone is 1. The molecule has 0 saturated heterocycles. The van der Waals surface area contributed by atoms with Crippen molar-refractivity contribution in [3.8, 4) is 5.75 Å². The molecule has 146 valence electrons. The average molecular weight is 438 g/mol. The summed E-state index contributed by atoms with van der Waals surface area (Å²) in [5.74, 6) is 1.34. The largest absolute Gasteiger partial charge is 0.481 e. The molecule has 1 aromatic heterocycles. The van der Waals surface area contributed by atoms with E-state index in [2.05, 4.69) is 16.8 Å². The second kappa shape index (κ2) is 9.45. The van der Waals surface area contributed by atoms with Crippen LogP contribution in [0, 0.1) is 5.82 Å². The Balaban J connectivity index is 1.79. The van der Waals surface area contributed by atoms with E-state index in [1.165, 1.54) is 17.8 Å². The van der Waals surface area contributed by atoms with Gasteiger partial charge < -0.3 is 4.74 Å². The molecular weight excluding hydrogens is 420 g/mol. The van der Waals surface area contributed by atoms with E-state index < -0.39 is 6.10 Å². The van der Waals surface area contributed by atoms with Gasteiger partial charge in [-0.25, -0.2) is 4.39 Å². The third kappa shape index (κ3) is 4.87. The highest BCUT2D eigenvalue weighted by Gasteiger charge is 2.20. The molecule has 0 spiro atoms. The third-order valence-electron chi connectivity index (χ3n) is 3.93. The van der Waals surface area contributed by atoms with Gasteiger partial charge in [-0.3, -0.25) is 4.57 Å². The number of aromatic nitrogens is 3. The number of rotatable bonds is 8. The quantitative estimate of drug-likeness (QED) is 0.304. The molecule has 0 saturated carbocycles. The number of halogens is 3. The lowest BCUT2D eigenvalue weighted by atomic mass is 10.2. The number of thioether (sulfide) groups is 1. The van der Waals surface area contributed by atoms with E-state index in [1.807, 2.05) is 17.6 Å². The highest BCUT2D eigenvalue weighted by atomic mass is 35.5. The smallest absolute Gasteiger partial charge is 0.191 e. The molecule has 4 nitrogen and oxygen atoms in total. The van der Waals surface area contributed by atoms with Crippen LogP contribution in [0.5, 0.6) is 5.75 Å². The van der Waals surface area contributed by atoms with Crippen molar-refractivity contribution in [2.24, 2.45) is 0 Å². The Hall–Kier alpha value is -2.02. The van der Waals surface area contributed by atoms with Gasteiger partial charge in [0, 0.05) is 17.3 Å². The first-order valence-corrected chi connectivity index (χ1v) is 10.3. The maximum Gasteiger partial charge on any atom is 0.191 e. The van der Waals surface area contributed by atoms with Crippen LogP contribution in [0.1, 0.15) is 24.4 Å². The number of hydrogen-bond donors (Lipinski definition) is 0. The lowest BCUT2D eigenvalue weighted by molar-refractivity contribution is 0.210. The maximum absolute atomic E-state index is 13.9. The Morgan fingerprint density at radius 1 is 1.25 bits per heavy atom. The van der Waals surface area contributed by atoms with E-state index >= 15 is 0 Å². The van der Waals surface area contributed by atoms with Gasteiger partial charge in [0.2, 0.25) is 0 Å². The molecule has 0 bridgehead atoms. The molecule has 1 atom stereocenters. The van der Waals surface area contributed by atoms with E-state index in [-0.39, 0.29) is 5.82 Å². The van der Waals surface area contributed by atoms with Gasteiger partial charge in [0.25, 0.3) is 0 Å². The topological polar surface area (TPSA) is 39.9 Å². The molecule has 28 heavy (non-hydrogen) atoms. The summed E-state index contributed by atoms with van der Waals surface area (Å²) in [6.07, 6.45) is 1.34. The summed E-state index contributed by atoms with van der Waals surface area (Å²) < 4.78 is 21.7. The summed E-state index contributed by atoms with van der Waals surface area (Å²) in [7, 11) is 0. The first kappa shape index (κ1) is 20.7. The Bertz CT molecular complexity index is 980. The van der Waals surface area contributed by atoms with Crippen molar-refractivity contribution in [1.82, 2.24) is 14.8 Å². The van der Waals surface area contributed by atoms with Crippen LogP contribution in [0.2, 0.25) is 10.0 Å². The van der Waals surface area contributed by atoms with Crippen LogP contribution in [0.25, 0.3) is 0 Å². The molecule has 1 unspecified atom stereocenters. The van der Waals surface area contributed by atoms with E-state index in [0.717, 1.165) is 0 Å². The van der Waals surface area contributed by atoms with Crippen LogP contribution in [-0.4, -0.2) is 14.8 Å². The Morgan fingerprint density at radius 2 is 2.04 bits per heavy atom. The zero-order chi connectivity index (χ0) is 20.1. The molecule has 0 N–H and O–H groups in total. The molecule has 0 amide bonds. The zero-order valence-electron chi connectivity index (χ0n) is 15.1. The number of benzene rings is 2. The van der Waals surface area contributed by atoms with Crippen molar-refractivity contribution in [3.63, 3.8) is 0 Å². The summed E-state index contributed by atoms with van der Waals surface area (Å²) >= 11 is 13.5. The molecule has 1 heterocycles. The van der Waals surface area contributed by atoms with Gasteiger partial charge in [0.05, 0.1) is 5.02 Å². The van der Waals surface area contributed by atoms with E-state index in [0.29, 0.717) is 44.6 Å². The maximum atomic E-state index is 13.9. The predicted octanol–water partition coefficient (Wildman–Crippen LogP) is 6.34. The fourth-order valence-electron chi connectivity index (χ4n) is 2.58. The SMILES string of the molecule is C=CCn1c(SCc2ccccc2F)nnc1C(C)Oc1ccc(Cl)cc1Cl. The first-order valence-electron chi connectivity index (χ1n) is 8.51. The fraction of sp³-hybridized carbons (Fsp3) is 0.200. The average Bonchev–Trinajstić information content (AvgIpc) is 3.06. The standard InChI is InChI=1S/C20H18Cl2FN3OS/c1-3-10-26-19(13(2)27-18-9-8-15(21)11-16(18)22)24-25-20(26)28-12-14-6-4-5-7-17(14)23/h3-9,11,13H,1,10,12H2,2H3. The van der Waals surface area contributed by atoms with Crippen molar-refractivity contribution in [1.29, 1.82) is 0 Å². The monoisotopic (exact) mass is 437 g/mol. The minimum atomic E-state index is -0.408. The zero-order valence-corrected chi connectivity index (χ0v) is 17.4. The first-order chi connectivity index (χ1) is 13.5. The molecule has 2 aromatic carbocycles. The molecule has 0 aliphatic carbocycles. The van der Waals surface area contributed by atoms with Crippen LogP contribution >= 0.6 is 35.0 Å². The highest BCUT2D eigenvalue weighted by molar-refractivity contribution is 7.98. The van der Waals surface area contributed by atoms with E-state index in [4.69, 9.17) is 27.9 Å². The molecule has 8 heteroatoms. The summed E-state index contributed by atoms with van der Waals surface area (Å²) in [5.41, 5.74) is 0.611. The molecule has 0 aliphatic rings. The van der Waals surface area contributed by atoms with Crippen LogP contribution in [-0.2, 0) is 12.3 Å². The minimum absolute atomic E-state index is 0.237. The van der Waals surface area contributed by atoms with Crippen molar-refractivity contribution in [3.05, 3.63) is 82.4 Å². The van der Waals surface area contributed by atoms with Crippen molar-refractivity contribution >= 4 is 35.0 Å². The van der Waals surface area contributed by atoms with Gasteiger partial charge in [0.1, 0.15) is 11.6 Å². The van der Waals surface area contributed by atoms with Gasteiger partial charge in [-0.05, 0) is 36.8 Å². The summed E-state index contributed by atoms with van der Waals surface area (Å²) in [5, 5.41) is 10.1. The Morgan fingerprint density at radius 3 is 2.75 bits per heavy atom. The van der Waals surface area contributed by atoms with Gasteiger partial charge >= 0.3 is 0 Å². The number of hydrogen-bond acceptors (Lipinski definition) is 4. The highest BCUT2D eigenvalue weighted by Crippen LogP contribution is 2.32. The van der Waals surface area contributed by atoms with E-state index in [9.17, 15) is 4.39 Å². The van der Waals surface area contributed by atoms with Crippen LogP contribution < -0.4 is 4.74 Å². The second-order valence-electron chi connectivity index (χ2n) is 5.95. The Labute approximate surface area is 177 Å². The minimum Gasteiger partial charge on any atom is -0.481 e. The van der Waals surface area contributed by atoms with Crippen LogP contribution in [0.15, 0.2) is 60.3 Å². The Kier molecular flexibility index (Phi) is 6.99. The number of nitrogens with zero attached hydrogens (tertiary/aromatic N) is 3. The van der Waals surface area contributed by atoms with Crippen molar-refractivity contribution in [2.45, 2.75) is 30.5 Å². The normalized spacial score (nSPS) is 12.0. The van der Waals surface area contributed by atoms with Gasteiger partial charge in [-0.2, -0.15) is 0 Å². The van der Waals surface area contributed by atoms with Crippen molar-refractivity contribution < 1.29 is 9.13 Å². The number of ether oxygens (including phenoxy) is 1. The van der Waals surface area contributed by atoms with Gasteiger partial charge in [-0.15, -0.1) is 16.8 Å². The summed E-state index contributed by atoms with van der Waals surface area (Å²) in [6.45, 7) is 6.16. The third-order valence-corrected chi connectivity index (χ3v) is 5.48. The van der Waals surface area contributed by atoms with Crippen LogP contribution in [0.4, 0.5) is 4.39 Å². The molecule has 0 fully saturated rings. The second-order valence-corrected chi connectivity index (χ2v) is 7.74. The predicted molar refractivity (Wildman–Crippen MR) is 112 cm³/mol.